The molecule has 2 aromatic heterocycles. The maximum Gasteiger partial charge on any atom is 0.348 e. The SMILES string of the molecule is CCOC(=O)c1cc2sc(N3CC4CC(C3)O4)nc2s1. The minimum atomic E-state index is -0.253. The number of thiophene rings is 1. The molecule has 0 saturated carbocycles. The van der Waals surface area contributed by atoms with Crippen LogP contribution in [0.4, 0.5) is 5.13 Å². The van der Waals surface area contributed by atoms with Gasteiger partial charge in [-0.15, -0.1) is 11.3 Å². The molecular formula is C13H14N2O3S2. The molecule has 0 radical (unpaired) electrons. The van der Waals surface area contributed by atoms with E-state index in [1.807, 2.05) is 13.0 Å². The maximum atomic E-state index is 11.7. The maximum absolute atomic E-state index is 11.7. The fourth-order valence-electron chi connectivity index (χ4n) is 2.67. The van der Waals surface area contributed by atoms with Crippen LogP contribution in [0.1, 0.15) is 23.0 Å². The lowest BCUT2D eigenvalue weighted by Gasteiger charge is -2.46. The molecule has 0 spiro atoms. The number of carbonyl (C=O) groups excluding carboxylic acids is 1. The summed E-state index contributed by atoms with van der Waals surface area (Å²) in [5.74, 6) is -0.253. The van der Waals surface area contributed by atoms with Gasteiger partial charge in [0.15, 0.2) is 5.13 Å². The van der Waals surface area contributed by atoms with Crippen molar-refractivity contribution >= 4 is 43.3 Å². The van der Waals surface area contributed by atoms with Crippen molar-refractivity contribution in [3.8, 4) is 0 Å². The number of fused-ring (bicyclic) bond motifs is 3. The Bertz CT molecular complexity index is 618. The van der Waals surface area contributed by atoms with Gasteiger partial charge in [0.05, 0.1) is 23.5 Å². The van der Waals surface area contributed by atoms with Gasteiger partial charge in [-0.2, -0.15) is 0 Å². The highest BCUT2D eigenvalue weighted by Gasteiger charge is 2.39. The summed E-state index contributed by atoms with van der Waals surface area (Å²) in [6.45, 7) is 4.08. The van der Waals surface area contributed by atoms with Crippen LogP contribution in [-0.4, -0.2) is 42.9 Å². The van der Waals surface area contributed by atoms with Gasteiger partial charge in [-0.1, -0.05) is 11.3 Å². The molecule has 3 fully saturated rings. The van der Waals surface area contributed by atoms with E-state index < -0.39 is 0 Å². The van der Waals surface area contributed by atoms with Crippen LogP contribution in [0, 0.1) is 0 Å². The molecule has 106 valence electrons. The van der Waals surface area contributed by atoms with Crippen molar-refractivity contribution in [1.82, 2.24) is 4.98 Å². The number of esters is 1. The first-order valence-corrected chi connectivity index (χ1v) is 8.34. The molecule has 7 heteroatoms. The van der Waals surface area contributed by atoms with Crippen molar-refractivity contribution in [3.05, 3.63) is 10.9 Å². The summed E-state index contributed by atoms with van der Waals surface area (Å²) in [6.07, 6.45) is 1.94. The second-order valence-electron chi connectivity index (χ2n) is 5.02. The Balaban J connectivity index is 1.57. The number of anilines is 1. The zero-order chi connectivity index (χ0) is 13.7. The molecule has 3 aliphatic heterocycles. The van der Waals surface area contributed by atoms with Crippen LogP contribution in [0.3, 0.4) is 0 Å². The summed E-state index contributed by atoms with van der Waals surface area (Å²) < 4.78 is 11.7. The molecule has 2 aromatic rings. The van der Waals surface area contributed by atoms with E-state index in [2.05, 4.69) is 9.88 Å². The third kappa shape index (κ3) is 2.01. The van der Waals surface area contributed by atoms with Crippen LogP contribution in [0.25, 0.3) is 9.53 Å². The number of thiazole rings is 1. The number of ether oxygens (including phenoxy) is 2. The molecule has 3 aliphatic rings. The van der Waals surface area contributed by atoms with Gasteiger partial charge < -0.3 is 14.4 Å². The largest absolute Gasteiger partial charge is 0.462 e. The van der Waals surface area contributed by atoms with Gasteiger partial charge in [0, 0.05) is 19.5 Å². The monoisotopic (exact) mass is 310 g/mol. The number of hydrogen-bond acceptors (Lipinski definition) is 7. The molecule has 0 N–H and O–H groups in total. The summed E-state index contributed by atoms with van der Waals surface area (Å²) >= 11 is 3.05. The first-order valence-electron chi connectivity index (χ1n) is 6.71. The normalized spacial score (nSPS) is 24.8. The summed E-state index contributed by atoms with van der Waals surface area (Å²) in [5, 5.41) is 1.04. The van der Waals surface area contributed by atoms with Crippen molar-refractivity contribution in [3.63, 3.8) is 0 Å². The minimum absolute atomic E-state index is 0.253. The predicted molar refractivity (Wildman–Crippen MR) is 78.9 cm³/mol. The van der Waals surface area contributed by atoms with E-state index in [1.165, 1.54) is 17.8 Å². The van der Waals surface area contributed by atoms with Gasteiger partial charge in [-0.05, 0) is 13.0 Å². The average Bonchev–Trinajstić information content (AvgIpc) is 2.96. The van der Waals surface area contributed by atoms with Gasteiger partial charge >= 0.3 is 5.97 Å². The van der Waals surface area contributed by atoms with Gasteiger partial charge in [-0.3, -0.25) is 0 Å². The Labute approximate surface area is 124 Å². The quantitative estimate of drug-likeness (QED) is 0.815. The summed E-state index contributed by atoms with van der Waals surface area (Å²) in [6, 6.07) is 1.89. The fraction of sp³-hybridized carbons (Fsp3) is 0.538. The van der Waals surface area contributed by atoms with Crippen LogP contribution >= 0.6 is 22.7 Å². The van der Waals surface area contributed by atoms with Crippen molar-refractivity contribution < 1.29 is 14.3 Å². The number of nitrogens with zero attached hydrogens (tertiary/aromatic N) is 2. The zero-order valence-corrected chi connectivity index (χ0v) is 12.6. The van der Waals surface area contributed by atoms with Crippen LogP contribution in [0.2, 0.25) is 0 Å². The molecule has 0 aromatic carbocycles. The lowest BCUT2D eigenvalue weighted by molar-refractivity contribution is -0.133. The minimum Gasteiger partial charge on any atom is -0.462 e. The van der Waals surface area contributed by atoms with Crippen molar-refractivity contribution in [1.29, 1.82) is 0 Å². The van der Waals surface area contributed by atoms with Gasteiger partial charge in [-0.25, -0.2) is 9.78 Å². The topological polar surface area (TPSA) is 51.7 Å². The highest BCUT2D eigenvalue weighted by molar-refractivity contribution is 7.29. The van der Waals surface area contributed by atoms with Crippen molar-refractivity contribution in [2.45, 2.75) is 25.6 Å². The number of aromatic nitrogens is 1. The Morgan fingerprint density at radius 2 is 2.25 bits per heavy atom. The van der Waals surface area contributed by atoms with Gasteiger partial charge in [0.25, 0.3) is 0 Å². The Kier molecular flexibility index (Phi) is 2.94. The van der Waals surface area contributed by atoms with Crippen molar-refractivity contribution in [2.24, 2.45) is 0 Å². The zero-order valence-electron chi connectivity index (χ0n) is 11.0. The molecule has 5 nitrogen and oxygen atoms in total. The predicted octanol–water partition coefficient (Wildman–Crippen LogP) is 2.51. The highest BCUT2D eigenvalue weighted by Crippen LogP contribution is 2.38. The van der Waals surface area contributed by atoms with Crippen LogP contribution in [-0.2, 0) is 9.47 Å². The van der Waals surface area contributed by atoms with E-state index in [0.29, 0.717) is 23.7 Å². The number of hydrogen-bond donors (Lipinski definition) is 0. The summed E-state index contributed by atoms with van der Waals surface area (Å²) in [5.41, 5.74) is 0. The number of piperidine rings is 1. The molecule has 0 amide bonds. The molecule has 2 atom stereocenters. The van der Waals surface area contributed by atoms with E-state index >= 15 is 0 Å². The second kappa shape index (κ2) is 4.68. The molecule has 2 unspecified atom stereocenters. The standard InChI is InChI=1S/C13H14N2O3S2/c1-2-17-12(16)10-4-9-11(19-10)14-13(20-9)15-5-7-3-8(6-15)18-7/h4,7-8H,2-3,5-6H2,1H3. The van der Waals surface area contributed by atoms with E-state index in [4.69, 9.17) is 9.47 Å². The lowest BCUT2D eigenvalue weighted by atomic mass is 9.99. The van der Waals surface area contributed by atoms with Crippen LogP contribution in [0.15, 0.2) is 6.07 Å². The molecule has 0 aliphatic carbocycles. The first-order chi connectivity index (χ1) is 9.72. The molecule has 2 bridgehead atoms. The van der Waals surface area contributed by atoms with Crippen molar-refractivity contribution in [2.75, 3.05) is 24.6 Å². The number of morpholine rings is 1. The average molecular weight is 310 g/mol. The molecule has 5 rings (SSSR count). The molecular weight excluding hydrogens is 296 g/mol. The first kappa shape index (κ1) is 12.6. The van der Waals surface area contributed by atoms with Crippen LogP contribution < -0.4 is 4.90 Å². The third-order valence-electron chi connectivity index (χ3n) is 3.58. The number of carbonyl (C=O) groups is 1. The smallest absolute Gasteiger partial charge is 0.348 e. The summed E-state index contributed by atoms with van der Waals surface area (Å²) in [7, 11) is 0. The van der Waals surface area contributed by atoms with Crippen LogP contribution in [0.5, 0.6) is 0 Å². The Hall–Kier alpha value is -1.18. The van der Waals surface area contributed by atoms with Gasteiger partial charge in [0.1, 0.15) is 9.71 Å². The molecule has 5 heterocycles. The summed E-state index contributed by atoms with van der Waals surface area (Å²) in [4.78, 5) is 20.2. The van der Waals surface area contributed by atoms with E-state index in [0.717, 1.165) is 27.8 Å². The highest BCUT2D eigenvalue weighted by atomic mass is 32.1. The van der Waals surface area contributed by atoms with E-state index in [-0.39, 0.29) is 5.97 Å². The second-order valence-corrected chi connectivity index (χ2v) is 7.06. The Morgan fingerprint density at radius 1 is 1.50 bits per heavy atom. The third-order valence-corrected chi connectivity index (χ3v) is 5.79. The molecule has 3 saturated heterocycles. The van der Waals surface area contributed by atoms with E-state index in [1.54, 1.807) is 11.3 Å². The van der Waals surface area contributed by atoms with Gasteiger partial charge in [0.2, 0.25) is 0 Å². The lowest BCUT2D eigenvalue weighted by Crippen LogP contribution is -2.57. The number of rotatable bonds is 3. The fourth-order valence-corrected chi connectivity index (χ4v) is 4.80. The Morgan fingerprint density at radius 3 is 2.90 bits per heavy atom. The molecule has 20 heavy (non-hydrogen) atoms. The van der Waals surface area contributed by atoms with E-state index in [9.17, 15) is 4.79 Å².